The molecule has 3 heteroatoms. The zero-order valence-electron chi connectivity index (χ0n) is 21.0. The van der Waals surface area contributed by atoms with Gasteiger partial charge in [0, 0.05) is 18.8 Å². The summed E-state index contributed by atoms with van der Waals surface area (Å²) in [6, 6.07) is 8.55. The third kappa shape index (κ3) is 3.84. The molecular weight excluding hydrogens is 408 g/mol. The molecule has 4 aliphatic carbocycles. The number of hydrogen-bond donors (Lipinski definition) is 1. The van der Waals surface area contributed by atoms with Crippen LogP contribution in [0.3, 0.4) is 0 Å². The van der Waals surface area contributed by atoms with Gasteiger partial charge >= 0.3 is 0 Å². The molecule has 3 nitrogen and oxygen atoms in total. The number of ketones is 1. The molecule has 1 aromatic rings. The maximum Gasteiger partial charge on any atom is 0.169 e. The molecule has 0 bridgehead atoms. The number of aryl methyl sites for hydroxylation is 1. The number of allylic oxidation sites excluding steroid dienone is 1. The zero-order chi connectivity index (χ0) is 23.4. The van der Waals surface area contributed by atoms with Crippen LogP contribution in [0.1, 0.15) is 90.2 Å². The van der Waals surface area contributed by atoms with Crippen LogP contribution >= 0.6 is 0 Å². The molecule has 0 saturated heterocycles. The van der Waals surface area contributed by atoms with E-state index in [1.807, 2.05) is 6.92 Å². The second-order valence-electron chi connectivity index (χ2n) is 12.1. The molecule has 0 radical (unpaired) electrons. The predicted molar refractivity (Wildman–Crippen MR) is 131 cm³/mol. The van der Waals surface area contributed by atoms with Crippen LogP contribution in [0.2, 0.25) is 0 Å². The minimum absolute atomic E-state index is 0.164. The van der Waals surface area contributed by atoms with Gasteiger partial charge in [-0.15, -0.1) is 0 Å². The van der Waals surface area contributed by atoms with Gasteiger partial charge < -0.3 is 9.84 Å². The molecule has 3 saturated carbocycles. The van der Waals surface area contributed by atoms with Crippen LogP contribution in [-0.2, 0) is 22.6 Å². The van der Waals surface area contributed by atoms with E-state index in [4.69, 9.17) is 4.74 Å². The van der Waals surface area contributed by atoms with Gasteiger partial charge in [0.05, 0.1) is 6.61 Å². The monoisotopic (exact) mass is 450 g/mol. The van der Waals surface area contributed by atoms with Gasteiger partial charge in [-0.1, -0.05) is 56.7 Å². The van der Waals surface area contributed by atoms with Crippen molar-refractivity contribution in [2.75, 3.05) is 0 Å². The zero-order valence-corrected chi connectivity index (χ0v) is 21.0. The van der Waals surface area contributed by atoms with Crippen LogP contribution in [0.15, 0.2) is 35.9 Å². The minimum atomic E-state index is -1.06. The van der Waals surface area contributed by atoms with Crippen LogP contribution in [0.5, 0.6) is 0 Å². The molecule has 1 unspecified atom stereocenters. The SMILES string of the molecule is CCc1ccc(COC2(O)CC[C@@]3(C)C(=CC[C@H]4[C@@H]5CC[C@H](C(C)=O)[C@@]5(C)CC[C@@H]43)C2)cc1. The molecule has 1 aromatic carbocycles. The van der Waals surface area contributed by atoms with Gasteiger partial charge in [0.25, 0.3) is 0 Å². The molecule has 7 atom stereocenters. The summed E-state index contributed by atoms with van der Waals surface area (Å²) in [7, 11) is 0. The third-order valence-electron chi connectivity index (χ3n) is 10.6. The fourth-order valence-electron chi connectivity index (χ4n) is 8.50. The first-order chi connectivity index (χ1) is 15.7. The number of carbonyl (C=O) groups is 1. The van der Waals surface area contributed by atoms with Crippen LogP contribution in [-0.4, -0.2) is 16.7 Å². The molecule has 3 fully saturated rings. The van der Waals surface area contributed by atoms with E-state index in [0.717, 1.165) is 31.2 Å². The summed E-state index contributed by atoms with van der Waals surface area (Å²) in [6.07, 6.45) is 11.6. The van der Waals surface area contributed by atoms with Gasteiger partial charge in [0.1, 0.15) is 5.78 Å². The second kappa shape index (κ2) is 8.34. The Kier molecular flexibility index (Phi) is 5.89. The predicted octanol–water partition coefficient (Wildman–Crippen LogP) is 6.62. The van der Waals surface area contributed by atoms with Crippen LogP contribution < -0.4 is 0 Å². The van der Waals surface area contributed by atoms with Crippen molar-refractivity contribution in [2.24, 2.45) is 34.5 Å². The average Bonchev–Trinajstić information content (AvgIpc) is 3.16. The highest BCUT2D eigenvalue weighted by Gasteiger charge is 2.60. The average molecular weight is 451 g/mol. The Morgan fingerprint density at radius 3 is 2.45 bits per heavy atom. The normalized spacial score (nSPS) is 42.2. The van der Waals surface area contributed by atoms with Crippen LogP contribution in [0.4, 0.5) is 0 Å². The highest BCUT2D eigenvalue weighted by atomic mass is 16.6. The summed E-state index contributed by atoms with van der Waals surface area (Å²) >= 11 is 0. The van der Waals surface area contributed by atoms with Gasteiger partial charge in [0.15, 0.2) is 5.79 Å². The second-order valence-corrected chi connectivity index (χ2v) is 12.1. The largest absolute Gasteiger partial charge is 0.365 e. The lowest BCUT2D eigenvalue weighted by Crippen LogP contribution is -2.52. The lowest BCUT2D eigenvalue weighted by molar-refractivity contribution is -0.231. The maximum atomic E-state index is 12.4. The Bertz CT molecular complexity index is 932. The lowest BCUT2D eigenvalue weighted by atomic mass is 9.47. The maximum absolute atomic E-state index is 12.4. The minimum Gasteiger partial charge on any atom is -0.365 e. The van der Waals surface area contributed by atoms with Crippen molar-refractivity contribution in [3.05, 3.63) is 47.0 Å². The van der Waals surface area contributed by atoms with Crippen LogP contribution in [0, 0.1) is 34.5 Å². The van der Waals surface area contributed by atoms with E-state index in [0.29, 0.717) is 43.0 Å². The Balaban J connectivity index is 1.30. The summed E-state index contributed by atoms with van der Waals surface area (Å²) < 4.78 is 6.16. The Hall–Kier alpha value is -1.45. The van der Waals surface area contributed by atoms with E-state index >= 15 is 0 Å². The fraction of sp³-hybridized carbons (Fsp3) is 0.700. The first-order valence-corrected chi connectivity index (χ1v) is 13.3. The molecule has 0 heterocycles. The number of Topliss-reactive ketones (excluding diaryl/α,β-unsaturated/α-hetero) is 1. The first-order valence-electron chi connectivity index (χ1n) is 13.3. The quantitative estimate of drug-likeness (QED) is 0.405. The van der Waals surface area contributed by atoms with Crippen molar-refractivity contribution in [1.82, 2.24) is 0 Å². The van der Waals surface area contributed by atoms with Gasteiger partial charge in [-0.05, 0) is 91.6 Å². The molecule has 5 rings (SSSR count). The van der Waals surface area contributed by atoms with Gasteiger partial charge in [-0.3, -0.25) is 4.79 Å². The van der Waals surface area contributed by atoms with Crippen molar-refractivity contribution in [2.45, 2.75) is 97.9 Å². The Morgan fingerprint density at radius 2 is 1.76 bits per heavy atom. The van der Waals surface area contributed by atoms with Crippen LogP contribution in [0.25, 0.3) is 0 Å². The third-order valence-corrected chi connectivity index (χ3v) is 10.6. The van der Waals surface area contributed by atoms with Crippen molar-refractivity contribution in [3.63, 3.8) is 0 Å². The van der Waals surface area contributed by atoms with Gasteiger partial charge in [-0.2, -0.15) is 0 Å². The highest BCUT2D eigenvalue weighted by Crippen LogP contribution is 2.66. The summed E-state index contributed by atoms with van der Waals surface area (Å²) in [4.78, 5) is 12.4. The number of hydrogen-bond acceptors (Lipinski definition) is 3. The van der Waals surface area contributed by atoms with E-state index in [9.17, 15) is 9.90 Å². The molecule has 0 aliphatic heterocycles. The molecular formula is C30H42O3. The van der Waals surface area contributed by atoms with E-state index in [1.54, 1.807) is 0 Å². The highest BCUT2D eigenvalue weighted by molar-refractivity contribution is 5.79. The number of carbonyl (C=O) groups excluding carboxylic acids is 1. The molecule has 4 aliphatic rings. The number of rotatable bonds is 5. The summed E-state index contributed by atoms with van der Waals surface area (Å²) in [5.41, 5.74) is 4.23. The van der Waals surface area contributed by atoms with Gasteiger partial charge in [0.2, 0.25) is 0 Å². The van der Waals surface area contributed by atoms with Crippen molar-refractivity contribution < 1.29 is 14.6 Å². The first kappa shape index (κ1) is 23.3. The van der Waals surface area contributed by atoms with E-state index < -0.39 is 5.79 Å². The summed E-state index contributed by atoms with van der Waals surface area (Å²) in [5.74, 6) is 1.64. The van der Waals surface area contributed by atoms with Crippen molar-refractivity contribution in [3.8, 4) is 0 Å². The number of aliphatic hydroxyl groups is 1. The fourth-order valence-corrected chi connectivity index (χ4v) is 8.50. The Labute approximate surface area is 200 Å². The molecule has 0 spiro atoms. The molecule has 1 N–H and O–H groups in total. The summed E-state index contributed by atoms with van der Waals surface area (Å²) in [5, 5.41) is 11.4. The van der Waals surface area contributed by atoms with Crippen molar-refractivity contribution in [1.29, 1.82) is 0 Å². The van der Waals surface area contributed by atoms with E-state index in [1.165, 1.54) is 30.4 Å². The van der Waals surface area contributed by atoms with E-state index in [2.05, 4.69) is 51.1 Å². The molecule has 33 heavy (non-hydrogen) atoms. The topological polar surface area (TPSA) is 46.5 Å². The molecule has 0 amide bonds. The number of benzene rings is 1. The number of fused-ring (bicyclic) bond motifs is 5. The Morgan fingerprint density at radius 1 is 1.03 bits per heavy atom. The van der Waals surface area contributed by atoms with E-state index in [-0.39, 0.29) is 16.7 Å². The lowest BCUT2D eigenvalue weighted by Gasteiger charge is -2.58. The molecule has 180 valence electrons. The number of ether oxygens (including phenoxy) is 1. The van der Waals surface area contributed by atoms with Crippen molar-refractivity contribution >= 4 is 5.78 Å². The standard InChI is InChI=1S/C30H42O3/c1-5-21-6-8-22(9-7-21)19-33-30(32)17-16-28(3)23(18-30)10-11-24-26-13-12-25(20(2)31)29(26,4)15-14-27(24)28/h6-10,24-27,32H,5,11-19H2,1-4H3/t24-,25+,26-,27-,28-,29+,30?/m0/s1. The van der Waals surface area contributed by atoms with Gasteiger partial charge in [-0.25, -0.2) is 0 Å². The molecule has 0 aromatic heterocycles. The smallest absolute Gasteiger partial charge is 0.169 e. The summed E-state index contributed by atoms with van der Waals surface area (Å²) in [6.45, 7) is 9.30.